The van der Waals surface area contributed by atoms with E-state index in [1.807, 2.05) is 25.1 Å². The maximum absolute atomic E-state index is 12.3. The van der Waals surface area contributed by atoms with Crippen LogP contribution in [-0.2, 0) is 21.5 Å². The van der Waals surface area contributed by atoms with Gasteiger partial charge >= 0.3 is 5.97 Å². The predicted molar refractivity (Wildman–Crippen MR) is 128 cm³/mol. The molecule has 0 aliphatic heterocycles. The first kappa shape index (κ1) is 22.6. The Bertz CT molecular complexity index is 1040. The van der Waals surface area contributed by atoms with Crippen LogP contribution in [0.3, 0.4) is 0 Å². The van der Waals surface area contributed by atoms with E-state index in [0.29, 0.717) is 5.92 Å². The smallest absolute Gasteiger partial charge is 0.309 e. The Balaban J connectivity index is 1.93. The number of hydrogen-bond acceptors (Lipinski definition) is 3. The Labute approximate surface area is 191 Å². The molecule has 1 saturated carbocycles. The number of hydrogen-bond donors (Lipinski definition) is 1. The van der Waals surface area contributed by atoms with Gasteiger partial charge in [0.25, 0.3) is 0 Å². The normalized spacial score (nSPS) is 27.6. The summed E-state index contributed by atoms with van der Waals surface area (Å²) >= 11 is 0. The van der Waals surface area contributed by atoms with Gasteiger partial charge in [-0.3, -0.25) is 4.79 Å². The van der Waals surface area contributed by atoms with E-state index in [1.54, 1.807) is 7.11 Å². The van der Waals surface area contributed by atoms with E-state index in [4.69, 9.17) is 4.84 Å². The van der Waals surface area contributed by atoms with Gasteiger partial charge in [0.05, 0.1) is 5.41 Å². The predicted octanol–water partition coefficient (Wildman–Crippen LogP) is 6.30. The summed E-state index contributed by atoms with van der Waals surface area (Å²) in [6.45, 7) is 8.70. The third kappa shape index (κ3) is 3.54. The lowest BCUT2D eigenvalue weighted by Crippen LogP contribution is -2.52. The molecule has 0 heterocycles. The third-order valence-electron chi connectivity index (χ3n) is 8.12. The molecule has 170 valence electrons. The van der Waals surface area contributed by atoms with Crippen LogP contribution < -0.4 is 0 Å². The molecule has 3 atom stereocenters. The quantitative estimate of drug-likeness (QED) is 0.444. The second-order valence-corrected chi connectivity index (χ2v) is 10.3. The standard InChI is InChI=1S/C28H35NO3/c1-18(2)21-16-20-12-13-24-27(3,14-9-15-28(24,4)26(30)31)23(20)17-22(21)25(29-32-5)19-10-7-6-8-11-19/h6-8,10-11,16-18,24H,9,12-15H2,1-5H3,(H,30,31)/t24-,27-,28-/m1/s1. The van der Waals surface area contributed by atoms with Crippen molar-refractivity contribution in [2.45, 2.75) is 71.1 Å². The van der Waals surface area contributed by atoms with E-state index in [1.165, 1.54) is 16.7 Å². The minimum absolute atomic E-state index is 0.131. The second-order valence-electron chi connectivity index (χ2n) is 10.3. The summed E-state index contributed by atoms with van der Waals surface area (Å²) in [5.74, 6) is -0.185. The third-order valence-corrected chi connectivity index (χ3v) is 8.12. The SMILES string of the molecule is CON=C(c1ccccc1)c1cc2c(cc1C(C)C)CC[C@H]1[C@](C)(C(=O)O)CCC[C@]21C. The van der Waals surface area contributed by atoms with Crippen molar-refractivity contribution in [3.05, 3.63) is 70.3 Å². The molecule has 4 heteroatoms. The maximum Gasteiger partial charge on any atom is 0.309 e. The van der Waals surface area contributed by atoms with Crippen molar-refractivity contribution in [1.29, 1.82) is 0 Å². The summed E-state index contributed by atoms with van der Waals surface area (Å²) in [5.41, 5.74) is 6.06. The second kappa shape index (κ2) is 8.38. The van der Waals surface area contributed by atoms with Gasteiger partial charge in [0.1, 0.15) is 12.8 Å². The number of aryl methyl sites for hydroxylation is 1. The van der Waals surface area contributed by atoms with Crippen molar-refractivity contribution in [3.63, 3.8) is 0 Å². The summed E-state index contributed by atoms with van der Waals surface area (Å²) in [6, 6.07) is 14.8. The molecule has 2 aromatic rings. The average molecular weight is 434 g/mol. The van der Waals surface area contributed by atoms with Gasteiger partial charge in [-0.2, -0.15) is 0 Å². The Kier molecular flexibility index (Phi) is 5.91. The molecule has 2 aromatic carbocycles. The summed E-state index contributed by atoms with van der Waals surface area (Å²) < 4.78 is 0. The minimum Gasteiger partial charge on any atom is -0.481 e. The highest BCUT2D eigenvalue weighted by Crippen LogP contribution is 2.57. The molecule has 1 fully saturated rings. The molecule has 4 nitrogen and oxygen atoms in total. The number of benzene rings is 2. The summed E-state index contributed by atoms with van der Waals surface area (Å²) in [7, 11) is 1.59. The fourth-order valence-electron chi connectivity index (χ4n) is 6.42. The van der Waals surface area contributed by atoms with Crippen LogP contribution in [0.2, 0.25) is 0 Å². The molecule has 4 rings (SSSR count). The van der Waals surface area contributed by atoms with Crippen molar-refractivity contribution >= 4 is 11.7 Å². The number of aliphatic carboxylic acids is 1. The van der Waals surface area contributed by atoms with Gasteiger partial charge < -0.3 is 9.94 Å². The van der Waals surface area contributed by atoms with E-state index in [0.717, 1.165) is 48.9 Å². The number of oxime groups is 1. The summed E-state index contributed by atoms with van der Waals surface area (Å²) in [4.78, 5) is 17.6. The molecule has 0 spiro atoms. The molecule has 0 bridgehead atoms. The van der Waals surface area contributed by atoms with Crippen molar-refractivity contribution in [2.24, 2.45) is 16.5 Å². The zero-order chi connectivity index (χ0) is 23.1. The molecule has 2 aliphatic rings. The first-order valence-corrected chi connectivity index (χ1v) is 11.8. The van der Waals surface area contributed by atoms with Crippen LogP contribution in [-0.4, -0.2) is 23.9 Å². The number of carbonyl (C=O) groups is 1. The number of nitrogens with zero attached hydrogens (tertiary/aromatic N) is 1. The van der Waals surface area contributed by atoms with E-state index in [2.05, 4.69) is 50.2 Å². The van der Waals surface area contributed by atoms with Crippen LogP contribution >= 0.6 is 0 Å². The lowest BCUT2D eigenvalue weighted by molar-refractivity contribution is -0.157. The number of carboxylic acids is 1. The zero-order valence-electron chi connectivity index (χ0n) is 19.9. The maximum atomic E-state index is 12.3. The van der Waals surface area contributed by atoms with Crippen LogP contribution in [0, 0.1) is 11.3 Å². The van der Waals surface area contributed by atoms with Gasteiger partial charge in [0.15, 0.2) is 0 Å². The Morgan fingerprint density at radius 1 is 1.16 bits per heavy atom. The van der Waals surface area contributed by atoms with Crippen molar-refractivity contribution in [1.82, 2.24) is 0 Å². The van der Waals surface area contributed by atoms with Gasteiger partial charge in [-0.05, 0) is 72.6 Å². The van der Waals surface area contributed by atoms with Crippen molar-refractivity contribution < 1.29 is 14.7 Å². The monoisotopic (exact) mass is 433 g/mol. The van der Waals surface area contributed by atoms with Crippen molar-refractivity contribution in [2.75, 3.05) is 7.11 Å². The Morgan fingerprint density at radius 2 is 1.88 bits per heavy atom. The first-order valence-electron chi connectivity index (χ1n) is 11.8. The molecule has 0 unspecified atom stereocenters. The summed E-state index contributed by atoms with van der Waals surface area (Å²) in [6.07, 6.45) is 4.58. The van der Waals surface area contributed by atoms with Crippen LogP contribution in [0.5, 0.6) is 0 Å². The molecule has 0 aromatic heterocycles. The highest BCUT2D eigenvalue weighted by atomic mass is 16.6. The highest BCUT2D eigenvalue weighted by Gasteiger charge is 2.55. The zero-order valence-corrected chi connectivity index (χ0v) is 19.9. The summed E-state index contributed by atoms with van der Waals surface area (Å²) in [5, 5.41) is 14.6. The van der Waals surface area contributed by atoms with E-state index in [-0.39, 0.29) is 11.3 Å². The Hall–Kier alpha value is -2.62. The van der Waals surface area contributed by atoms with E-state index >= 15 is 0 Å². The van der Waals surface area contributed by atoms with Crippen LogP contribution in [0.25, 0.3) is 0 Å². The van der Waals surface area contributed by atoms with Crippen LogP contribution in [0.15, 0.2) is 47.6 Å². The fourth-order valence-corrected chi connectivity index (χ4v) is 6.42. The molecular formula is C28H35NO3. The fraction of sp³-hybridized carbons (Fsp3) is 0.500. The van der Waals surface area contributed by atoms with E-state index < -0.39 is 11.4 Å². The average Bonchev–Trinajstić information content (AvgIpc) is 2.77. The molecule has 0 amide bonds. The number of fused-ring (bicyclic) bond motifs is 3. The van der Waals surface area contributed by atoms with Gasteiger partial charge in [-0.25, -0.2) is 0 Å². The molecule has 2 aliphatic carbocycles. The van der Waals surface area contributed by atoms with Crippen molar-refractivity contribution in [3.8, 4) is 0 Å². The van der Waals surface area contributed by atoms with Gasteiger partial charge in [0.2, 0.25) is 0 Å². The number of carboxylic acid groups (broad SMARTS) is 1. The largest absolute Gasteiger partial charge is 0.481 e. The lowest BCUT2D eigenvalue weighted by atomic mass is 9.49. The molecule has 0 saturated heterocycles. The van der Waals surface area contributed by atoms with Crippen LogP contribution in [0.1, 0.15) is 87.1 Å². The number of rotatable bonds is 5. The van der Waals surface area contributed by atoms with Gasteiger partial charge in [-0.15, -0.1) is 0 Å². The molecule has 32 heavy (non-hydrogen) atoms. The van der Waals surface area contributed by atoms with Crippen LogP contribution in [0.4, 0.5) is 0 Å². The first-order chi connectivity index (χ1) is 15.2. The van der Waals surface area contributed by atoms with Gasteiger partial charge in [0, 0.05) is 11.1 Å². The Morgan fingerprint density at radius 3 is 2.50 bits per heavy atom. The topological polar surface area (TPSA) is 58.9 Å². The highest BCUT2D eigenvalue weighted by molar-refractivity contribution is 6.13. The van der Waals surface area contributed by atoms with E-state index in [9.17, 15) is 9.90 Å². The van der Waals surface area contributed by atoms with Gasteiger partial charge in [-0.1, -0.05) is 68.7 Å². The molecule has 0 radical (unpaired) electrons. The molecule has 1 N–H and O–H groups in total. The minimum atomic E-state index is -0.676. The molecular weight excluding hydrogens is 398 g/mol. The lowest BCUT2D eigenvalue weighted by Gasteiger charge is -2.53.